The number of aromatic nitrogens is 3. The summed E-state index contributed by atoms with van der Waals surface area (Å²) < 4.78 is 37.8. The fourth-order valence-electron chi connectivity index (χ4n) is 3.57. The van der Waals surface area contributed by atoms with Crippen molar-refractivity contribution < 1.29 is 12.8 Å². The molecule has 1 heterocycles. The van der Waals surface area contributed by atoms with E-state index in [1.807, 2.05) is 6.07 Å². The van der Waals surface area contributed by atoms with E-state index in [0.717, 1.165) is 31.2 Å². The van der Waals surface area contributed by atoms with E-state index in [4.69, 9.17) is 5.73 Å². The normalized spacial score (nSPS) is 20.3. The molecule has 152 valence electrons. The maximum atomic E-state index is 14.2. The average Bonchev–Trinajstić information content (AvgIpc) is 3.00. The SMILES string of the molecule is CC(C)(F)c1nc(N)nc(NC2CCCC2Cc2cccc(S(C)(=O)=O)c2)n1. The highest BCUT2D eigenvalue weighted by molar-refractivity contribution is 7.90. The predicted octanol–water partition coefficient (Wildman–Crippen LogP) is 2.89. The molecule has 1 aromatic carbocycles. The molecule has 0 radical (unpaired) electrons. The second-order valence-corrected chi connectivity index (χ2v) is 9.89. The van der Waals surface area contributed by atoms with E-state index in [2.05, 4.69) is 20.3 Å². The maximum absolute atomic E-state index is 14.2. The van der Waals surface area contributed by atoms with Crippen LogP contribution >= 0.6 is 0 Å². The maximum Gasteiger partial charge on any atom is 0.228 e. The summed E-state index contributed by atoms with van der Waals surface area (Å²) in [5.41, 5.74) is 4.98. The fraction of sp³-hybridized carbons (Fsp3) is 0.526. The topological polar surface area (TPSA) is 111 Å². The molecule has 0 bridgehead atoms. The molecule has 2 atom stereocenters. The van der Waals surface area contributed by atoms with E-state index >= 15 is 0 Å². The Kier molecular flexibility index (Phi) is 5.56. The summed E-state index contributed by atoms with van der Waals surface area (Å²) in [5, 5.41) is 3.28. The third-order valence-corrected chi connectivity index (χ3v) is 6.09. The first-order valence-corrected chi connectivity index (χ1v) is 11.2. The number of hydrogen-bond acceptors (Lipinski definition) is 7. The number of nitrogens with two attached hydrogens (primary N) is 1. The van der Waals surface area contributed by atoms with Crippen LogP contribution in [0.15, 0.2) is 29.2 Å². The van der Waals surface area contributed by atoms with Crippen LogP contribution in [0.1, 0.15) is 44.5 Å². The van der Waals surface area contributed by atoms with Gasteiger partial charge in [-0.25, -0.2) is 12.8 Å². The number of sulfone groups is 1. The molecular weight excluding hydrogens is 381 g/mol. The van der Waals surface area contributed by atoms with Crippen LogP contribution < -0.4 is 11.1 Å². The Labute approximate surface area is 164 Å². The third-order valence-electron chi connectivity index (χ3n) is 4.98. The van der Waals surface area contributed by atoms with Crippen LogP contribution in [0.25, 0.3) is 0 Å². The van der Waals surface area contributed by atoms with Crippen molar-refractivity contribution in [3.05, 3.63) is 35.7 Å². The van der Waals surface area contributed by atoms with Crippen molar-refractivity contribution in [2.45, 2.75) is 56.1 Å². The van der Waals surface area contributed by atoms with Gasteiger partial charge in [0.1, 0.15) is 0 Å². The lowest BCUT2D eigenvalue weighted by atomic mass is 9.95. The van der Waals surface area contributed by atoms with Gasteiger partial charge in [0, 0.05) is 12.3 Å². The quantitative estimate of drug-likeness (QED) is 0.757. The van der Waals surface area contributed by atoms with E-state index < -0.39 is 15.5 Å². The van der Waals surface area contributed by atoms with Gasteiger partial charge in [-0.1, -0.05) is 18.6 Å². The third kappa shape index (κ3) is 4.95. The average molecular weight is 408 g/mol. The highest BCUT2D eigenvalue weighted by Gasteiger charge is 2.30. The van der Waals surface area contributed by atoms with Crippen LogP contribution in [0.5, 0.6) is 0 Å². The van der Waals surface area contributed by atoms with Crippen molar-refractivity contribution >= 4 is 21.7 Å². The van der Waals surface area contributed by atoms with Crippen molar-refractivity contribution in [3.63, 3.8) is 0 Å². The summed E-state index contributed by atoms with van der Waals surface area (Å²) >= 11 is 0. The molecule has 1 aliphatic rings. The molecule has 1 saturated carbocycles. The number of nitrogens with zero attached hydrogens (tertiary/aromatic N) is 3. The van der Waals surface area contributed by atoms with Gasteiger partial charge in [-0.15, -0.1) is 0 Å². The molecule has 0 aliphatic heterocycles. The molecule has 2 unspecified atom stereocenters. The van der Waals surface area contributed by atoms with Gasteiger partial charge >= 0.3 is 0 Å². The van der Waals surface area contributed by atoms with Crippen LogP contribution in [-0.2, 0) is 21.9 Å². The van der Waals surface area contributed by atoms with Gasteiger partial charge in [0.15, 0.2) is 21.3 Å². The van der Waals surface area contributed by atoms with Gasteiger partial charge in [0.25, 0.3) is 0 Å². The number of hydrogen-bond donors (Lipinski definition) is 2. The molecule has 2 aromatic rings. The first-order valence-electron chi connectivity index (χ1n) is 9.29. The van der Waals surface area contributed by atoms with Crippen LogP contribution in [-0.4, -0.2) is 35.7 Å². The van der Waals surface area contributed by atoms with Crippen molar-refractivity contribution in [1.82, 2.24) is 15.0 Å². The second-order valence-electron chi connectivity index (χ2n) is 7.88. The summed E-state index contributed by atoms with van der Waals surface area (Å²) in [7, 11) is -3.24. The summed E-state index contributed by atoms with van der Waals surface area (Å²) in [6.07, 6.45) is 4.92. The standard InChI is InChI=1S/C19H26FN5O2S/c1-19(2,20)16-23-17(21)25-18(24-16)22-15-9-5-7-13(15)10-12-6-4-8-14(11-12)28(3,26)27/h4,6,8,11,13,15H,5,7,9-10H2,1-3H3,(H3,21,22,23,24,25). The lowest BCUT2D eigenvalue weighted by molar-refractivity contribution is 0.206. The highest BCUT2D eigenvalue weighted by Crippen LogP contribution is 2.32. The lowest BCUT2D eigenvalue weighted by Gasteiger charge is -2.22. The van der Waals surface area contributed by atoms with E-state index in [-0.39, 0.29) is 29.7 Å². The van der Waals surface area contributed by atoms with Crippen LogP contribution in [0.3, 0.4) is 0 Å². The van der Waals surface area contributed by atoms with Gasteiger partial charge < -0.3 is 11.1 Å². The minimum atomic E-state index is -3.24. The zero-order valence-electron chi connectivity index (χ0n) is 16.3. The van der Waals surface area contributed by atoms with Gasteiger partial charge in [0.2, 0.25) is 11.9 Å². The summed E-state index contributed by atoms with van der Waals surface area (Å²) in [4.78, 5) is 12.5. The molecule has 7 nitrogen and oxygen atoms in total. The number of nitrogen functional groups attached to an aromatic ring is 1. The molecule has 1 fully saturated rings. The molecule has 1 aliphatic carbocycles. The Morgan fingerprint density at radius 1 is 1.25 bits per heavy atom. The lowest BCUT2D eigenvalue weighted by Crippen LogP contribution is -2.28. The van der Waals surface area contributed by atoms with E-state index in [1.54, 1.807) is 18.2 Å². The molecule has 0 spiro atoms. The van der Waals surface area contributed by atoms with Gasteiger partial charge in [-0.3, -0.25) is 0 Å². The number of anilines is 2. The Bertz CT molecular complexity index is 959. The van der Waals surface area contributed by atoms with E-state index in [9.17, 15) is 12.8 Å². The molecule has 3 N–H and O–H groups in total. The number of rotatable bonds is 6. The zero-order valence-corrected chi connectivity index (χ0v) is 17.1. The van der Waals surface area contributed by atoms with E-state index in [0.29, 0.717) is 4.90 Å². The van der Waals surface area contributed by atoms with Crippen LogP contribution in [0.4, 0.5) is 16.3 Å². The molecule has 0 amide bonds. The highest BCUT2D eigenvalue weighted by atomic mass is 32.2. The summed E-state index contributed by atoms with van der Waals surface area (Å²) in [6.45, 7) is 2.75. The first kappa shape index (κ1) is 20.4. The number of alkyl halides is 1. The Hall–Kier alpha value is -2.29. The molecule has 9 heteroatoms. The molecular formula is C19H26FN5O2S. The molecule has 0 saturated heterocycles. The van der Waals surface area contributed by atoms with Crippen molar-refractivity contribution in [2.24, 2.45) is 5.92 Å². The number of halogens is 1. The van der Waals surface area contributed by atoms with E-state index in [1.165, 1.54) is 20.1 Å². The van der Waals surface area contributed by atoms with Crippen molar-refractivity contribution in [1.29, 1.82) is 0 Å². The molecule has 3 rings (SSSR count). The minimum absolute atomic E-state index is 0.00194. The van der Waals surface area contributed by atoms with Gasteiger partial charge in [0.05, 0.1) is 4.90 Å². The second kappa shape index (κ2) is 7.62. The summed E-state index contributed by atoms with van der Waals surface area (Å²) in [6, 6.07) is 7.14. The van der Waals surface area contributed by atoms with Crippen molar-refractivity contribution in [3.8, 4) is 0 Å². The smallest absolute Gasteiger partial charge is 0.228 e. The minimum Gasteiger partial charge on any atom is -0.368 e. The molecule has 28 heavy (non-hydrogen) atoms. The monoisotopic (exact) mass is 407 g/mol. The largest absolute Gasteiger partial charge is 0.368 e. The fourth-order valence-corrected chi connectivity index (χ4v) is 4.26. The zero-order chi connectivity index (χ0) is 20.5. The Balaban J connectivity index is 1.77. The number of nitrogens with one attached hydrogen (secondary N) is 1. The van der Waals surface area contributed by atoms with Gasteiger partial charge in [-0.2, -0.15) is 15.0 Å². The molecule has 1 aromatic heterocycles. The Morgan fingerprint density at radius 2 is 2.00 bits per heavy atom. The van der Waals surface area contributed by atoms with Crippen LogP contribution in [0.2, 0.25) is 0 Å². The first-order chi connectivity index (χ1) is 13.0. The van der Waals surface area contributed by atoms with Gasteiger partial charge in [-0.05, 0) is 56.7 Å². The Morgan fingerprint density at radius 3 is 2.68 bits per heavy atom. The number of benzene rings is 1. The van der Waals surface area contributed by atoms with Crippen LogP contribution in [0, 0.1) is 5.92 Å². The predicted molar refractivity (Wildman–Crippen MR) is 106 cm³/mol. The summed E-state index contributed by atoms with van der Waals surface area (Å²) in [5.74, 6) is 0.538. The van der Waals surface area contributed by atoms with Crippen molar-refractivity contribution in [2.75, 3.05) is 17.3 Å².